The average Bonchev–Trinajstić information content (AvgIpc) is 2.48. The quantitative estimate of drug-likeness (QED) is 0.856. The van der Waals surface area contributed by atoms with Crippen molar-refractivity contribution in [2.45, 2.75) is 19.4 Å². The highest BCUT2D eigenvalue weighted by Gasteiger charge is 2.13. The Morgan fingerprint density at radius 2 is 1.68 bits per heavy atom. The number of rotatable bonds is 6. The van der Waals surface area contributed by atoms with Gasteiger partial charge in [-0.05, 0) is 49.5 Å². The molecule has 1 aromatic carbocycles. The van der Waals surface area contributed by atoms with Crippen LogP contribution < -0.4 is 14.8 Å². The third kappa shape index (κ3) is 4.40. The maximum atomic E-state index is 5.82. The summed E-state index contributed by atoms with van der Waals surface area (Å²) in [5, 5.41) is 3.36. The predicted octanol–water partition coefficient (Wildman–Crippen LogP) is 2.22. The van der Waals surface area contributed by atoms with E-state index in [2.05, 4.69) is 5.32 Å². The van der Waals surface area contributed by atoms with E-state index in [-0.39, 0.29) is 0 Å². The van der Waals surface area contributed by atoms with Crippen molar-refractivity contribution in [3.05, 3.63) is 23.8 Å². The van der Waals surface area contributed by atoms with E-state index < -0.39 is 0 Å². The van der Waals surface area contributed by atoms with Gasteiger partial charge in [-0.2, -0.15) is 0 Å². The molecule has 1 fully saturated rings. The van der Waals surface area contributed by atoms with Gasteiger partial charge in [-0.25, -0.2) is 0 Å². The molecule has 4 heteroatoms. The first kappa shape index (κ1) is 14.2. The molecule has 0 spiro atoms. The molecule has 1 N–H and O–H groups in total. The van der Waals surface area contributed by atoms with Gasteiger partial charge in [0.05, 0.1) is 20.8 Å². The van der Waals surface area contributed by atoms with Crippen molar-refractivity contribution in [2.24, 2.45) is 5.92 Å². The lowest BCUT2D eigenvalue weighted by atomic mass is 9.99. The maximum absolute atomic E-state index is 5.82. The molecule has 1 aliphatic heterocycles. The molecule has 0 radical (unpaired) electrons. The Balaban J connectivity index is 1.84. The Bertz CT molecular complexity index is 367. The number of hydrogen-bond donors (Lipinski definition) is 1. The van der Waals surface area contributed by atoms with Gasteiger partial charge < -0.3 is 19.5 Å². The minimum atomic E-state index is 0.609. The normalized spacial score (nSPS) is 16.3. The third-order valence-corrected chi connectivity index (χ3v) is 3.49. The van der Waals surface area contributed by atoms with Gasteiger partial charge >= 0.3 is 0 Å². The van der Waals surface area contributed by atoms with Crippen LogP contribution >= 0.6 is 0 Å². The fraction of sp³-hybridized carbons (Fsp3) is 0.600. The van der Waals surface area contributed by atoms with E-state index in [9.17, 15) is 0 Å². The molecular formula is C15H23NO3. The average molecular weight is 265 g/mol. The van der Waals surface area contributed by atoms with Crippen molar-refractivity contribution < 1.29 is 14.2 Å². The number of hydrogen-bond acceptors (Lipinski definition) is 4. The molecule has 4 nitrogen and oxygen atoms in total. The Morgan fingerprint density at radius 1 is 1.05 bits per heavy atom. The fourth-order valence-corrected chi connectivity index (χ4v) is 2.34. The van der Waals surface area contributed by atoms with Crippen molar-refractivity contribution >= 4 is 0 Å². The number of nitrogens with one attached hydrogen (secondary N) is 1. The molecule has 0 bridgehead atoms. The van der Waals surface area contributed by atoms with Gasteiger partial charge in [-0.15, -0.1) is 0 Å². The van der Waals surface area contributed by atoms with Crippen LogP contribution in [0.4, 0.5) is 0 Å². The van der Waals surface area contributed by atoms with Crippen LogP contribution in [0.3, 0.4) is 0 Å². The summed E-state index contributed by atoms with van der Waals surface area (Å²) in [4.78, 5) is 0. The van der Waals surface area contributed by atoms with Crippen LogP contribution in [-0.4, -0.2) is 33.9 Å². The van der Waals surface area contributed by atoms with Crippen LogP contribution in [-0.2, 0) is 11.3 Å². The summed E-state index contributed by atoms with van der Waals surface area (Å²) < 4.78 is 16.3. The molecule has 0 aromatic heterocycles. The Kier molecular flexibility index (Phi) is 5.48. The predicted molar refractivity (Wildman–Crippen MR) is 74.8 cm³/mol. The Labute approximate surface area is 115 Å². The topological polar surface area (TPSA) is 39.7 Å². The zero-order valence-corrected chi connectivity index (χ0v) is 11.8. The standard InChI is InChI=1S/C15H23NO3/c1-17-14-7-13(8-15(9-14)18-2)11-19-10-12-3-5-16-6-4-12/h7-9,12,16H,3-6,10-11H2,1-2H3. The number of benzene rings is 1. The largest absolute Gasteiger partial charge is 0.497 e. The highest BCUT2D eigenvalue weighted by molar-refractivity contribution is 5.38. The second-order valence-electron chi connectivity index (χ2n) is 4.93. The van der Waals surface area contributed by atoms with Gasteiger partial charge in [-0.3, -0.25) is 0 Å². The van der Waals surface area contributed by atoms with Crippen molar-refractivity contribution in [2.75, 3.05) is 33.9 Å². The fourth-order valence-electron chi connectivity index (χ4n) is 2.34. The summed E-state index contributed by atoms with van der Waals surface area (Å²) in [6.45, 7) is 3.67. The van der Waals surface area contributed by atoms with E-state index in [1.807, 2.05) is 18.2 Å². The van der Waals surface area contributed by atoms with Crippen LogP contribution in [0, 0.1) is 5.92 Å². The van der Waals surface area contributed by atoms with Crippen molar-refractivity contribution in [1.29, 1.82) is 0 Å². The summed E-state index contributed by atoms with van der Waals surface area (Å²) in [7, 11) is 3.32. The van der Waals surface area contributed by atoms with E-state index in [0.29, 0.717) is 12.5 Å². The smallest absolute Gasteiger partial charge is 0.122 e. The van der Waals surface area contributed by atoms with Crippen LogP contribution in [0.25, 0.3) is 0 Å². The lowest BCUT2D eigenvalue weighted by Gasteiger charge is -2.22. The molecular weight excluding hydrogens is 242 g/mol. The summed E-state index contributed by atoms with van der Waals surface area (Å²) >= 11 is 0. The molecule has 0 amide bonds. The van der Waals surface area contributed by atoms with E-state index in [1.54, 1.807) is 14.2 Å². The highest BCUT2D eigenvalue weighted by atomic mass is 16.5. The second-order valence-corrected chi connectivity index (χ2v) is 4.93. The maximum Gasteiger partial charge on any atom is 0.122 e. The molecule has 1 aliphatic rings. The van der Waals surface area contributed by atoms with Gasteiger partial charge in [-0.1, -0.05) is 0 Å². The van der Waals surface area contributed by atoms with E-state index in [4.69, 9.17) is 14.2 Å². The molecule has 1 saturated heterocycles. The van der Waals surface area contributed by atoms with Gasteiger partial charge in [0, 0.05) is 12.7 Å². The third-order valence-electron chi connectivity index (χ3n) is 3.49. The van der Waals surface area contributed by atoms with Gasteiger partial charge in [0.2, 0.25) is 0 Å². The van der Waals surface area contributed by atoms with E-state index in [0.717, 1.165) is 36.8 Å². The number of ether oxygens (including phenoxy) is 3. The van der Waals surface area contributed by atoms with Gasteiger partial charge in [0.15, 0.2) is 0 Å². The monoisotopic (exact) mass is 265 g/mol. The lowest BCUT2D eigenvalue weighted by molar-refractivity contribution is 0.0761. The summed E-state index contributed by atoms with van der Waals surface area (Å²) in [6.07, 6.45) is 2.42. The molecule has 0 unspecified atom stereocenters. The first-order chi connectivity index (χ1) is 9.31. The van der Waals surface area contributed by atoms with E-state index in [1.165, 1.54) is 12.8 Å². The van der Waals surface area contributed by atoms with Crippen molar-refractivity contribution in [3.8, 4) is 11.5 Å². The SMILES string of the molecule is COc1cc(COCC2CCNCC2)cc(OC)c1. The van der Waals surface area contributed by atoms with Crippen LogP contribution in [0.15, 0.2) is 18.2 Å². The van der Waals surface area contributed by atoms with Crippen molar-refractivity contribution in [3.63, 3.8) is 0 Å². The van der Waals surface area contributed by atoms with Crippen LogP contribution in [0.2, 0.25) is 0 Å². The molecule has 2 rings (SSSR count). The van der Waals surface area contributed by atoms with Gasteiger partial charge in [0.1, 0.15) is 11.5 Å². The zero-order chi connectivity index (χ0) is 13.5. The molecule has 1 aromatic rings. The second kappa shape index (κ2) is 7.36. The molecule has 19 heavy (non-hydrogen) atoms. The molecule has 0 aliphatic carbocycles. The highest BCUT2D eigenvalue weighted by Crippen LogP contribution is 2.23. The molecule has 1 heterocycles. The van der Waals surface area contributed by atoms with Crippen LogP contribution in [0.5, 0.6) is 11.5 Å². The summed E-state index contributed by atoms with van der Waals surface area (Å²) in [5.74, 6) is 2.30. The number of methoxy groups -OCH3 is 2. The Morgan fingerprint density at radius 3 is 2.26 bits per heavy atom. The molecule has 0 saturated carbocycles. The van der Waals surface area contributed by atoms with Gasteiger partial charge in [0.25, 0.3) is 0 Å². The minimum Gasteiger partial charge on any atom is -0.497 e. The first-order valence-corrected chi connectivity index (χ1v) is 6.82. The lowest BCUT2D eigenvalue weighted by Crippen LogP contribution is -2.29. The zero-order valence-electron chi connectivity index (χ0n) is 11.8. The van der Waals surface area contributed by atoms with Crippen LogP contribution in [0.1, 0.15) is 18.4 Å². The van der Waals surface area contributed by atoms with E-state index >= 15 is 0 Å². The molecule has 106 valence electrons. The summed E-state index contributed by atoms with van der Waals surface area (Å²) in [6, 6.07) is 5.85. The summed E-state index contributed by atoms with van der Waals surface area (Å²) in [5.41, 5.74) is 1.09. The first-order valence-electron chi connectivity index (χ1n) is 6.82. The molecule has 0 atom stereocenters. The number of piperidine rings is 1. The minimum absolute atomic E-state index is 0.609. The van der Waals surface area contributed by atoms with Crippen molar-refractivity contribution in [1.82, 2.24) is 5.32 Å². The Hall–Kier alpha value is -1.26.